The fourth-order valence-corrected chi connectivity index (χ4v) is 0.307. The van der Waals surface area contributed by atoms with Crippen molar-refractivity contribution in [1.82, 2.24) is 0 Å². The minimum absolute atomic E-state index is 4.12. The van der Waals surface area contributed by atoms with Crippen LogP contribution in [0.2, 0.25) is 0 Å². The first-order chi connectivity index (χ1) is 5.40. The first-order valence-corrected chi connectivity index (χ1v) is 2.47. The number of ketones is 1. The Bertz CT molecular complexity index is 209. The van der Waals surface area contributed by atoms with Gasteiger partial charge in [-0.05, 0) is 0 Å². The Morgan fingerprint density at radius 2 is 1.08 bits per heavy atom. The summed E-state index contributed by atoms with van der Waals surface area (Å²) in [6, 6.07) is 0. The Labute approximate surface area is 65.3 Å². The van der Waals surface area contributed by atoms with Crippen molar-refractivity contribution in [1.29, 1.82) is 0 Å². The van der Waals surface area contributed by atoms with Crippen LogP contribution in [-0.4, -0.2) is 24.1 Å². The van der Waals surface area contributed by atoms with Crippen LogP contribution in [0.5, 0.6) is 0 Å². The summed E-state index contributed by atoms with van der Waals surface area (Å²) in [5.41, 5.74) is 0. The predicted octanol–water partition coefficient (Wildman–Crippen LogP) is 2.32. The van der Waals surface area contributed by atoms with Gasteiger partial charge in [-0.2, -0.15) is 35.1 Å². The smallest absolute Gasteiger partial charge is 0.282 e. The summed E-state index contributed by atoms with van der Waals surface area (Å²) in [6.07, 6.45) is -12.7. The molecule has 13 heavy (non-hydrogen) atoms. The van der Waals surface area contributed by atoms with Crippen LogP contribution in [0.25, 0.3) is 0 Å². The molecule has 0 aliphatic carbocycles. The number of carbonyl (C=O) groups excluding carboxylic acids is 1. The van der Waals surface area contributed by atoms with Gasteiger partial charge in [0.1, 0.15) is 0 Å². The van der Waals surface area contributed by atoms with E-state index in [1.165, 1.54) is 0 Å². The third-order valence-electron chi connectivity index (χ3n) is 0.899. The van der Waals surface area contributed by atoms with Crippen molar-refractivity contribution in [3.8, 4) is 0 Å². The summed E-state index contributed by atoms with van der Waals surface area (Å²) in [5.74, 6) is -10.5. The van der Waals surface area contributed by atoms with Gasteiger partial charge in [0.2, 0.25) is 0 Å². The maximum Gasteiger partial charge on any atom is 0.461 e. The molecule has 78 valence electrons. The summed E-state index contributed by atoms with van der Waals surface area (Å²) in [7, 11) is 0. The second-order valence-electron chi connectivity index (χ2n) is 1.90. The number of carbonyl (C=O) groups is 1. The van der Waals surface area contributed by atoms with Crippen molar-refractivity contribution in [2.75, 3.05) is 0 Å². The minimum atomic E-state index is -6.53. The highest BCUT2D eigenvalue weighted by Crippen LogP contribution is 2.40. The second-order valence-corrected chi connectivity index (χ2v) is 1.90. The summed E-state index contributed by atoms with van der Waals surface area (Å²) in [4.78, 5) is 9.54. The SMILES string of the molecule is O=C(C(F)(F)F)C(F)(F)C(F)(F)F. The third-order valence-corrected chi connectivity index (χ3v) is 0.899. The highest BCUT2D eigenvalue weighted by atomic mass is 19.4. The summed E-state index contributed by atoms with van der Waals surface area (Å²) < 4.78 is 90.1. The molecule has 0 aliphatic rings. The molecule has 0 rings (SSSR count). The van der Waals surface area contributed by atoms with Crippen molar-refractivity contribution in [2.45, 2.75) is 18.3 Å². The third kappa shape index (κ3) is 2.28. The summed E-state index contributed by atoms with van der Waals surface area (Å²) >= 11 is 0. The average molecular weight is 216 g/mol. The Kier molecular flexibility index (Phi) is 2.62. The van der Waals surface area contributed by atoms with E-state index >= 15 is 0 Å². The number of alkyl halides is 8. The molecule has 0 amide bonds. The topological polar surface area (TPSA) is 17.1 Å². The molecule has 0 bridgehead atoms. The molecule has 0 aromatic carbocycles. The van der Waals surface area contributed by atoms with E-state index in [1.54, 1.807) is 0 Å². The highest BCUT2D eigenvalue weighted by molar-refractivity contribution is 5.91. The van der Waals surface area contributed by atoms with Gasteiger partial charge in [-0.3, -0.25) is 4.79 Å². The van der Waals surface area contributed by atoms with Crippen LogP contribution >= 0.6 is 0 Å². The fourth-order valence-electron chi connectivity index (χ4n) is 0.307. The summed E-state index contributed by atoms with van der Waals surface area (Å²) in [5, 5.41) is 0. The Morgan fingerprint density at radius 3 is 1.15 bits per heavy atom. The van der Waals surface area contributed by atoms with Gasteiger partial charge in [-0.25, -0.2) is 0 Å². The molecule has 0 N–H and O–H groups in total. The van der Waals surface area contributed by atoms with Crippen molar-refractivity contribution in [3.63, 3.8) is 0 Å². The van der Waals surface area contributed by atoms with Gasteiger partial charge in [0.25, 0.3) is 0 Å². The molecule has 9 heteroatoms. The first kappa shape index (κ1) is 12.1. The van der Waals surface area contributed by atoms with Crippen molar-refractivity contribution >= 4 is 5.78 Å². The number of hydrogen-bond donors (Lipinski definition) is 0. The largest absolute Gasteiger partial charge is 0.461 e. The van der Waals surface area contributed by atoms with Crippen LogP contribution < -0.4 is 0 Å². The van der Waals surface area contributed by atoms with Gasteiger partial charge >= 0.3 is 24.1 Å². The van der Waals surface area contributed by atoms with Gasteiger partial charge in [0.05, 0.1) is 0 Å². The Hall–Kier alpha value is -0.890. The maximum absolute atomic E-state index is 11.6. The average Bonchev–Trinajstić information content (AvgIpc) is 1.81. The number of halogens is 8. The quantitative estimate of drug-likeness (QED) is 0.614. The van der Waals surface area contributed by atoms with E-state index in [9.17, 15) is 39.9 Å². The lowest BCUT2D eigenvalue weighted by molar-refractivity contribution is -0.284. The lowest BCUT2D eigenvalue weighted by atomic mass is 10.2. The monoisotopic (exact) mass is 216 g/mol. The van der Waals surface area contributed by atoms with Gasteiger partial charge < -0.3 is 0 Å². The molecule has 0 aromatic heterocycles. The second kappa shape index (κ2) is 2.81. The van der Waals surface area contributed by atoms with Crippen LogP contribution in [0, 0.1) is 0 Å². The van der Waals surface area contributed by atoms with Gasteiger partial charge in [-0.15, -0.1) is 0 Å². The highest BCUT2D eigenvalue weighted by Gasteiger charge is 2.69. The van der Waals surface area contributed by atoms with E-state index in [2.05, 4.69) is 0 Å². The van der Waals surface area contributed by atoms with Crippen LogP contribution in [0.3, 0.4) is 0 Å². The van der Waals surface area contributed by atoms with Crippen LogP contribution in [0.4, 0.5) is 35.1 Å². The molecule has 1 nitrogen and oxygen atoms in total. The van der Waals surface area contributed by atoms with E-state index in [4.69, 9.17) is 0 Å². The first-order valence-electron chi connectivity index (χ1n) is 2.47. The molecule has 0 spiro atoms. The molecule has 0 aromatic rings. The Balaban J connectivity index is 4.98. The zero-order valence-electron chi connectivity index (χ0n) is 5.43. The molecule has 0 fully saturated rings. The number of hydrogen-bond acceptors (Lipinski definition) is 1. The standard InChI is InChI=1S/C4F8O/c5-2(6,4(10,11)12)1(13)3(7,8)9. The normalized spacial score (nSPS) is 14.5. The lowest BCUT2D eigenvalue weighted by Crippen LogP contribution is -2.50. The molecule has 0 saturated heterocycles. The van der Waals surface area contributed by atoms with Crippen molar-refractivity contribution in [3.05, 3.63) is 0 Å². The van der Waals surface area contributed by atoms with E-state index in [1.807, 2.05) is 0 Å². The van der Waals surface area contributed by atoms with E-state index in [0.29, 0.717) is 0 Å². The van der Waals surface area contributed by atoms with Gasteiger partial charge in [0, 0.05) is 0 Å². The predicted molar refractivity (Wildman–Crippen MR) is 22.1 cm³/mol. The zero-order valence-corrected chi connectivity index (χ0v) is 5.43. The molecule has 0 heterocycles. The molecule has 0 radical (unpaired) electrons. The van der Waals surface area contributed by atoms with Crippen LogP contribution in [0.15, 0.2) is 0 Å². The van der Waals surface area contributed by atoms with E-state index in [-0.39, 0.29) is 0 Å². The van der Waals surface area contributed by atoms with Crippen LogP contribution in [-0.2, 0) is 4.79 Å². The molecule has 0 unspecified atom stereocenters. The minimum Gasteiger partial charge on any atom is -0.282 e. The lowest BCUT2D eigenvalue weighted by Gasteiger charge is -2.18. The zero-order chi connectivity index (χ0) is 11.1. The van der Waals surface area contributed by atoms with Crippen molar-refractivity contribution in [2.24, 2.45) is 0 Å². The molecule has 0 atom stereocenters. The van der Waals surface area contributed by atoms with E-state index < -0.39 is 24.1 Å². The summed E-state index contributed by atoms with van der Waals surface area (Å²) in [6.45, 7) is 0. The van der Waals surface area contributed by atoms with Crippen molar-refractivity contribution < 1.29 is 39.9 Å². The molecular formula is C4F8O. The molecule has 0 aliphatic heterocycles. The van der Waals surface area contributed by atoms with E-state index in [0.717, 1.165) is 0 Å². The number of Topliss-reactive ketones (excluding diaryl/α,β-unsaturated/α-hetero) is 1. The van der Waals surface area contributed by atoms with Crippen LogP contribution in [0.1, 0.15) is 0 Å². The maximum atomic E-state index is 11.6. The Morgan fingerprint density at radius 1 is 0.769 bits per heavy atom. The molecule has 0 saturated carbocycles. The van der Waals surface area contributed by atoms with Gasteiger partial charge in [0.15, 0.2) is 0 Å². The fraction of sp³-hybridized carbons (Fsp3) is 0.750. The van der Waals surface area contributed by atoms with Gasteiger partial charge in [-0.1, -0.05) is 0 Å². The molecular weight excluding hydrogens is 216 g/mol. The number of rotatable bonds is 1.